The maximum atomic E-state index is 13.4. The van der Waals surface area contributed by atoms with Crippen LogP contribution in [0.2, 0.25) is 0 Å². The molecule has 8 heteroatoms. The molecule has 0 spiro atoms. The highest BCUT2D eigenvalue weighted by Crippen LogP contribution is 2.34. The molecule has 0 aliphatic carbocycles. The van der Waals surface area contributed by atoms with E-state index in [1.165, 1.54) is 10.9 Å². The highest BCUT2D eigenvalue weighted by Gasteiger charge is 2.37. The van der Waals surface area contributed by atoms with Gasteiger partial charge in [-0.25, -0.2) is 4.98 Å². The summed E-state index contributed by atoms with van der Waals surface area (Å²) in [5, 5.41) is 12.6. The molecule has 148 valence electrons. The second-order valence-electron chi connectivity index (χ2n) is 7.22. The number of nitrogens with zero attached hydrogens (tertiary/aromatic N) is 3. The molecule has 3 aromatic rings. The number of carbonyl (C=O) groups is 1. The molecule has 0 unspecified atom stereocenters. The average Bonchev–Trinajstić information content (AvgIpc) is 3.08. The van der Waals surface area contributed by atoms with Gasteiger partial charge in [-0.05, 0) is 37.5 Å². The number of aromatic nitrogens is 2. The molecule has 0 radical (unpaired) electrons. The van der Waals surface area contributed by atoms with E-state index < -0.39 is 11.4 Å². The third kappa shape index (κ3) is 3.19. The number of carbonyl (C=O) groups excluding carboxylic acids is 1. The molecular formula is C21H20N4O4. The van der Waals surface area contributed by atoms with Crippen molar-refractivity contribution in [3.8, 4) is 6.07 Å². The third-order valence-corrected chi connectivity index (χ3v) is 5.42. The fraction of sp³-hybridized carbons (Fsp3) is 0.333. The maximum absolute atomic E-state index is 13.4. The minimum Gasteiger partial charge on any atom is -0.442 e. The molecule has 1 aromatic carbocycles. The summed E-state index contributed by atoms with van der Waals surface area (Å²) in [5.41, 5.74) is 0.644. The van der Waals surface area contributed by atoms with Gasteiger partial charge in [0.15, 0.2) is 0 Å². The first-order valence-corrected chi connectivity index (χ1v) is 9.31. The number of aryl methyl sites for hydroxylation is 2. The van der Waals surface area contributed by atoms with Crippen LogP contribution in [0, 0.1) is 18.3 Å². The summed E-state index contributed by atoms with van der Waals surface area (Å²) in [6, 6.07) is 9.35. The zero-order chi connectivity index (χ0) is 20.6. The molecular weight excluding hydrogens is 372 g/mol. The normalized spacial score (nSPS) is 15.8. The Labute approximate surface area is 166 Å². The van der Waals surface area contributed by atoms with E-state index in [1.54, 1.807) is 32.2 Å². The van der Waals surface area contributed by atoms with E-state index in [0.717, 1.165) is 5.56 Å². The van der Waals surface area contributed by atoms with Crippen LogP contribution in [0.15, 0.2) is 39.8 Å². The predicted molar refractivity (Wildman–Crippen MR) is 104 cm³/mol. The van der Waals surface area contributed by atoms with Gasteiger partial charge in [-0.15, -0.1) is 0 Å². The summed E-state index contributed by atoms with van der Waals surface area (Å²) in [7, 11) is 1.58. The van der Waals surface area contributed by atoms with Gasteiger partial charge in [-0.3, -0.25) is 9.59 Å². The van der Waals surface area contributed by atoms with Gasteiger partial charge < -0.3 is 19.0 Å². The second kappa shape index (κ2) is 7.18. The molecule has 0 saturated carbocycles. The first-order chi connectivity index (χ1) is 13.9. The van der Waals surface area contributed by atoms with E-state index in [2.05, 4.69) is 16.4 Å². The third-order valence-electron chi connectivity index (χ3n) is 5.42. The molecule has 1 fully saturated rings. The first kappa shape index (κ1) is 18.9. The molecule has 29 heavy (non-hydrogen) atoms. The molecule has 4 rings (SSSR count). The van der Waals surface area contributed by atoms with Crippen LogP contribution in [0.5, 0.6) is 0 Å². The number of rotatable bonds is 3. The van der Waals surface area contributed by atoms with Crippen LogP contribution >= 0.6 is 0 Å². The topological polar surface area (TPSA) is 110 Å². The number of furan rings is 1. The van der Waals surface area contributed by atoms with Crippen LogP contribution < -0.4 is 10.9 Å². The Bertz CT molecular complexity index is 1200. The molecule has 1 aliphatic heterocycles. The van der Waals surface area contributed by atoms with Crippen LogP contribution in [-0.4, -0.2) is 28.7 Å². The molecule has 1 N–H and O–H groups in total. The molecule has 0 bridgehead atoms. The number of fused-ring (bicyclic) bond motifs is 1. The largest absolute Gasteiger partial charge is 0.442 e. The number of benzene rings is 1. The average molecular weight is 392 g/mol. The lowest BCUT2D eigenvalue weighted by molar-refractivity contribution is 0.0345. The molecule has 1 saturated heterocycles. The van der Waals surface area contributed by atoms with Crippen LogP contribution in [0.1, 0.15) is 40.1 Å². The Morgan fingerprint density at radius 2 is 2.10 bits per heavy atom. The lowest BCUT2D eigenvalue weighted by Crippen LogP contribution is -2.49. The van der Waals surface area contributed by atoms with E-state index in [9.17, 15) is 14.9 Å². The van der Waals surface area contributed by atoms with Crippen molar-refractivity contribution in [2.75, 3.05) is 13.2 Å². The number of hydrogen-bond acceptors (Lipinski definition) is 6. The smallest absolute Gasteiger partial charge is 0.265 e. The van der Waals surface area contributed by atoms with Crippen LogP contribution in [0.3, 0.4) is 0 Å². The van der Waals surface area contributed by atoms with Crippen molar-refractivity contribution in [2.24, 2.45) is 7.05 Å². The van der Waals surface area contributed by atoms with Crippen molar-refractivity contribution in [3.05, 3.63) is 63.4 Å². The van der Waals surface area contributed by atoms with Crippen molar-refractivity contribution in [1.29, 1.82) is 5.26 Å². The first-order valence-electron chi connectivity index (χ1n) is 9.31. The van der Waals surface area contributed by atoms with Crippen molar-refractivity contribution >= 4 is 17.0 Å². The fourth-order valence-corrected chi connectivity index (χ4v) is 3.83. The molecule has 1 amide bonds. The SMILES string of the molecule is Cc1oc2ncn(C)c(=O)c2c1C(=O)NC1(c2cccc(C#N)c2)CCOCC1. The van der Waals surface area contributed by atoms with Crippen molar-refractivity contribution in [2.45, 2.75) is 25.3 Å². The maximum Gasteiger partial charge on any atom is 0.265 e. The Morgan fingerprint density at radius 3 is 2.83 bits per heavy atom. The zero-order valence-corrected chi connectivity index (χ0v) is 16.2. The predicted octanol–water partition coefficient (Wildman–Crippen LogP) is 2.14. The quantitative estimate of drug-likeness (QED) is 0.731. The summed E-state index contributed by atoms with van der Waals surface area (Å²) in [5.74, 6) is -0.0723. The summed E-state index contributed by atoms with van der Waals surface area (Å²) in [6.07, 6.45) is 2.47. The molecule has 2 aromatic heterocycles. The number of amides is 1. The Morgan fingerprint density at radius 1 is 1.34 bits per heavy atom. The molecule has 0 atom stereocenters. The lowest BCUT2D eigenvalue weighted by Gasteiger charge is -2.38. The van der Waals surface area contributed by atoms with E-state index in [4.69, 9.17) is 9.15 Å². The van der Waals surface area contributed by atoms with Crippen molar-refractivity contribution in [3.63, 3.8) is 0 Å². The van der Waals surface area contributed by atoms with Gasteiger partial charge >= 0.3 is 0 Å². The molecule has 1 aliphatic rings. The number of hydrogen-bond donors (Lipinski definition) is 1. The number of ether oxygens (including phenoxy) is 1. The monoisotopic (exact) mass is 392 g/mol. The van der Waals surface area contributed by atoms with Crippen LogP contribution in [-0.2, 0) is 17.3 Å². The van der Waals surface area contributed by atoms with Gasteiger partial charge in [0.05, 0.1) is 22.7 Å². The van der Waals surface area contributed by atoms with Gasteiger partial charge in [-0.2, -0.15) is 5.26 Å². The number of nitrogens with one attached hydrogen (secondary N) is 1. The van der Waals surface area contributed by atoms with E-state index >= 15 is 0 Å². The van der Waals surface area contributed by atoms with E-state index in [0.29, 0.717) is 37.4 Å². The summed E-state index contributed by atoms with van der Waals surface area (Å²) < 4.78 is 12.4. The van der Waals surface area contributed by atoms with Crippen molar-refractivity contribution < 1.29 is 13.9 Å². The van der Waals surface area contributed by atoms with E-state index in [-0.39, 0.29) is 22.2 Å². The molecule has 3 heterocycles. The van der Waals surface area contributed by atoms with Gasteiger partial charge in [0.1, 0.15) is 17.5 Å². The van der Waals surface area contributed by atoms with Gasteiger partial charge in [0.2, 0.25) is 5.71 Å². The highest BCUT2D eigenvalue weighted by molar-refractivity contribution is 6.06. The van der Waals surface area contributed by atoms with Crippen molar-refractivity contribution in [1.82, 2.24) is 14.9 Å². The van der Waals surface area contributed by atoms with Crippen LogP contribution in [0.25, 0.3) is 11.1 Å². The zero-order valence-electron chi connectivity index (χ0n) is 16.2. The highest BCUT2D eigenvalue weighted by atomic mass is 16.5. The van der Waals surface area contributed by atoms with Crippen LogP contribution in [0.4, 0.5) is 0 Å². The Balaban J connectivity index is 1.80. The standard InChI is InChI=1S/C21H20N4O4/c1-13-16(17-19(29-13)23-12-25(2)20(17)27)18(26)24-21(6-8-28-9-7-21)15-5-3-4-14(10-15)11-22/h3-5,10,12H,6-9H2,1-2H3,(H,24,26). The molecule has 8 nitrogen and oxygen atoms in total. The lowest BCUT2D eigenvalue weighted by atomic mass is 9.81. The Hall–Kier alpha value is -3.44. The minimum absolute atomic E-state index is 0.142. The van der Waals surface area contributed by atoms with Gasteiger partial charge in [-0.1, -0.05) is 12.1 Å². The summed E-state index contributed by atoms with van der Waals surface area (Å²) in [6.45, 7) is 2.60. The van der Waals surface area contributed by atoms with E-state index in [1.807, 2.05) is 6.07 Å². The Kier molecular flexibility index (Phi) is 4.68. The fourth-order valence-electron chi connectivity index (χ4n) is 3.83. The van der Waals surface area contributed by atoms with Gasteiger partial charge in [0.25, 0.3) is 11.5 Å². The summed E-state index contributed by atoms with van der Waals surface area (Å²) >= 11 is 0. The minimum atomic E-state index is -0.703. The second-order valence-corrected chi connectivity index (χ2v) is 7.22. The number of nitriles is 1. The summed E-state index contributed by atoms with van der Waals surface area (Å²) in [4.78, 5) is 30.1. The van der Waals surface area contributed by atoms with Gasteiger partial charge in [0, 0.05) is 20.3 Å².